The van der Waals surface area contributed by atoms with Crippen molar-refractivity contribution in [3.63, 3.8) is 0 Å². The quantitative estimate of drug-likeness (QED) is 0.108. The molecule has 1 saturated heterocycles. The molecule has 0 unspecified atom stereocenters. The lowest BCUT2D eigenvalue weighted by atomic mass is 10.1. The summed E-state index contributed by atoms with van der Waals surface area (Å²) in [5.41, 5.74) is 7.27. The molecule has 0 radical (unpaired) electrons. The Morgan fingerprint density at radius 2 is 1.32 bits per heavy atom. The summed E-state index contributed by atoms with van der Waals surface area (Å²) in [5, 5.41) is 15.7. The van der Waals surface area contributed by atoms with Crippen molar-refractivity contribution in [2.75, 3.05) is 26.3 Å². The van der Waals surface area contributed by atoms with Crippen LogP contribution in [0.3, 0.4) is 0 Å². The van der Waals surface area contributed by atoms with Crippen molar-refractivity contribution in [3.05, 3.63) is 65.2 Å². The van der Waals surface area contributed by atoms with Gasteiger partial charge in [-0.3, -0.25) is 20.4 Å². The minimum Gasteiger partial charge on any atom is -0.490 e. The first-order valence-electron chi connectivity index (χ1n) is 11.5. The van der Waals surface area contributed by atoms with E-state index in [2.05, 4.69) is 0 Å². The molecular weight excluding hydrogens is 550 g/mol. The zero-order chi connectivity index (χ0) is 30.1. The highest BCUT2D eigenvalue weighted by atomic mass is 19.4. The molecule has 2 aromatic carbocycles. The van der Waals surface area contributed by atoms with Crippen LogP contribution in [0.5, 0.6) is 5.75 Å². The van der Waals surface area contributed by atoms with Gasteiger partial charge in [-0.15, -0.1) is 0 Å². The Hall–Kier alpha value is -4.43. The SMILES string of the molecule is N=C(N)c1cccc(OCCOC(=O)c2ccc(C(=N)N3CCCC3)cc2)c1.O=C(C(=O)C(F)(F)F)C(F)(F)F. The molecule has 1 aliphatic rings. The van der Waals surface area contributed by atoms with Crippen molar-refractivity contribution in [1.29, 1.82) is 10.8 Å². The Bertz CT molecular complexity index is 1220. The van der Waals surface area contributed by atoms with Crippen molar-refractivity contribution in [3.8, 4) is 5.75 Å². The van der Waals surface area contributed by atoms with Gasteiger partial charge in [-0.2, -0.15) is 26.3 Å². The first-order valence-corrected chi connectivity index (χ1v) is 11.5. The van der Waals surface area contributed by atoms with E-state index >= 15 is 0 Å². The molecule has 0 aliphatic carbocycles. The van der Waals surface area contributed by atoms with Crippen LogP contribution in [0, 0.1) is 10.8 Å². The van der Waals surface area contributed by atoms with Crippen LogP contribution < -0.4 is 10.5 Å². The van der Waals surface area contributed by atoms with E-state index in [9.17, 15) is 40.7 Å². The number of carbonyl (C=O) groups excluding carboxylic acids is 3. The topological polar surface area (TPSA) is 147 Å². The van der Waals surface area contributed by atoms with Crippen LogP contribution in [0.4, 0.5) is 26.3 Å². The number of hydrogen-bond donors (Lipinski definition) is 3. The fourth-order valence-corrected chi connectivity index (χ4v) is 3.28. The highest BCUT2D eigenvalue weighted by Gasteiger charge is 2.54. The number of amidine groups is 2. The second-order valence-corrected chi connectivity index (χ2v) is 8.20. The van der Waals surface area contributed by atoms with Crippen molar-refractivity contribution < 1.29 is 50.2 Å². The highest BCUT2D eigenvalue weighted by molar-refractivity contribution is 6.41. The molecular formula is C25H24F6N4O5. The zero-order valence-corrected chi connectivity index (χ0v) is 20.7. The minimum absolute atomic E-state index is 0.0295. The van der Waals surface area contributed by atoms with Crippen molar-refractivity contribution in [2.24, 2.45) is 5.73 Å². The van der Waals surface area contributed by atoms with Crippen molar-refractivity contribution in [1.82, 2.24) is 4.90 Å². The molecule has 2 aromatic rings. The van der Waals surface area contributed by atoms with Crippen LogP contribution in [0.25, 0.3) is 0 Å². The highest BCUT2D eigenvalue weighted by Crippen LogP contribution is 2.24. The Morgan fingerprint density at radius 3 is 1.82 bits per heavy atom. The average Bonchev–Trinajstić information content (AvgIpc) is 3.44. The van der Waals surface area contributed by atoms with E-state index in [1.165, 1.54) is 0 Å². The van der Waals surface area contributed by atoms with Gasteiger partial charge in [0.15, 0.2) is 0 Å². The van der Waals surface area contributed by atoms with Crippen LogP contribution >= 0.6 is 0 Å². The van der Waals surface area contributed by atoms with Crippen LogP contribution in [0.2, 0.25) is 0 Å². The molecule has 15 heteroatoms. The van der Waals surface area contributed by atoms with E-state index < -0.39 is 29.9 Å². The lowest BCUT2D eigenvalue weighted by Crippen LogP contribution is -2.39. The van der Waals surface area contributed by atoms with Crippen molar-refractivity contribution in [2.45, 2.75) is 25.2 Å². The zero-order valence-electron chi connectivity index (χ0n) is 20.7. The molecule has 0 bridgehead atoms. The molecule has 0 spiro atoms. The summed E-state index contributed by atoms with van der Waals surface area (Å²) >= 11 is 0. The number of nitrogens with one attached hydrogen (secondary N) is 2. The number of likely N-dealkylation sites (tertiary alicyclic amines) is 1. The maximum Gasteiger partial charge on any atom is 0.458 e. The number of nitrogens with zero attached hydrogens (tertiary/aromatic N) is 1. The lowest BCUT2D eigenvalue weighted by molar-refractivity contribution is -0.193. The predicted octanol–water partition coefficient (Wildman–Crippen LogP) is 3.88. The average molecular weight is 574 g/mol. The van der Waals surface area contributed by atoms with Gasteiger partial charge >= 0.3 is 29.9 Å². The third-order valence-corrected chi connectivity index (χ3v) is 5.27. The lowest BCUT2D eigenvalue weighted by Gasteiger charge is -2.18. The largest absolute Gasteiger partial charge is 0.490 e. The van der Waals surface area contributed by atoms with Gasteiger partial charge in [-0.25, -0.2) is 4.79 Å². The Labute approximate surface area is 223 Å². The Morgan fingerprint density at radius 1 is 0.800 bits per heavy atom. The number of esters is 1. The van der Waals surface area contributed by atoms with Crippen molar-refractivity contribution >= 4 is 29.2 Å². The van der Waals surface area contributed by atoms with Crippen LogP contribution in [0.1, 0.15) is 34.3 Å². The fourth-order valence-electron chi connectivity index (χ4n) is 3.28. The minimum atomic E-state index is -5.77. The van der Waals surface area contributed by atoms with Crippen LogP contribution in [0.15, 0.2) is 48.5 Å². The first kappa shape index (κ1) is 31.8. The number of Topliss-reactive ketones (excluding diaryl/α,β-unsaturated/α-hetero) is 2. The number of hydrogen-bond acceptors (Lipinski definition) is 7. The summed E-state index contributed by atoms with van der Waals surface area (Å²) in [7, 11) is 0. The number of nitrogens with two attached hydrogens (primary N) is 1. The molecule has 4 N–H and O–H groups in total. The number of ether oxygens (including phenoxy) is 2. The monoisotopic (exact) mass is 574 g/mol. The van der Waals surface area contributed by atoms with Gasteiger partial charge in [0.1, 0.15) is 30.6 Å². The van der Waals surface area contributed by atoms with Gasteiger partial charge in [0.25, 0.3) is 0 Å². The van der Waals surface area contributed by atoms with E-state index in [0.717, 1.165) is 31.5 Å². The number of benzene rings is 2. The molecule has 3 rings (SSSR count). The standard InChI is InChI=1S/C21H24N4O3.C4F6O2/c22-19(23)17-4-3-5-18(14-17)27-12-13-28-21(26)16-8-6-15(7-9-16)20(24)25-10-1-2-11-25;5-3(6,7)1(11)2(12)4(8,9)10/h3-9,14,24H,1-2,10-13H2,(H3,22,23);. The predicted molar refractivity (Wildman–Crippen MR) is 129 cm³/mol. The number of rotatable bonds is 8. The smallest absolute Gasteiger partial charge is 0.458 e. The Kier molecular flexibility index (Phi) is 10.8. The number of carbonyl (C=O) groups is 3. The van der Waals surface area contributed by atoms with E-state index in [1.807, 2.05) is 4.90 Å². The van der Waals surface area contributed by atoms with Gasteiger partial charge in [-0.05, 0) is 37.1 Å². The number of halogens is 6. The maximum atomic E-state index is 12.2. The van der Waals surface area contributed by atoms with E-state index in [0.29, 0.717) is 22.7 Å². The molecule has 9 nitrogen and oxygen atoms in total. The first-order chi connectivity index (χ1) is 18.6. The normalized spacial score (nSPS) is 13.1. The second kappa shape index (κ2) is 13.6. The second-order valence-electron chi connectivity index (χ2n) is 8.20. The van der Waals surface area contributed by atoms with E-state index in [-0.39, 0.29) is 19.0 Å². The summed E-state index contributed by atoms with van der Waals surface area (Å²) in [6.45, 7) is 2.13. The third kappa shape index (κ3) is 9.39. The summed E-state index contributed by atoms with van der Waals surface area (Å²) in [4.78, 5) is 33.4. The van der Waals surface area contributed by atoms with Gasteiger partial charge < -0.3 is 20.1 Å². The van der Waals surface area contributed by atoms with E-state index in [1.54, 1.807) is 48.5 Å². The molecule has 0 saturated carbocycles. The molecule has 216 valence electrons. The van der Waals surface area contributed by atoms with Gasteiger partial charge in [0.2, 0.25) is 0 Å². The Balaban J connectivity index is 0.000000395. The molecule has 0 aromatic heterocycles. The molecule has 0 atom stereocenters. The maximum absolute atomic E-state index is 12.2. The van der Waals surface area contributed by atoms with Crippen LogP contribution in [-0.4, -0.2) is 72.8 Å². The van der Waals surface area contributed by atoms with E-state index in [4.69, 9.17) is 26.0 Å². The van der Waals surface area contributed by atoms with Crippen LogP contribution in [-0.2, 0) is 14.3 Å². The summed E-state index contributed by atoms with van der Waals surface area (Å²) in [5.74, 6) is -6.21. The third-order valence-electron chi connectivity index (χ3n) is 5.27. The molecule has 1 heterocycles. The summed E-state index contributed by atoms with van der Waals surface area (Å²) in [6, 6.07) is 13.8. The molecule has 1 fully saturated rings. The number of alkyl halides is 6. The summed E-state index contributed by atoms with van der Waals surface area (Å²) < 4.78 is 77.7. The molecule has 40 heavy (non-hydrogen) atoms. The number of nitrogen functional groups attached to an aromatic ring is 1. The fraction of sp³-hybridized carbons (Fsp3) is 0.320. The van der Waals surface area contributed by atoms with Gasteiger partial charge in [-0.1, -0.05) is 24.3 Å². The molecule has 0 amide bonds. The molecule has 1 aliphatic heterocycles. The van der Waals surface area contributed by atoms with Gasteiger partial charge in [0, 0.05) is 24.2 Å². The number of ketones is 2. The summed E-state index contributed by atoms with van der Waals surface area (Å²) in [6.07, 6.45) is -9.30. The van der Waals surface area contributed by atoms with Gasteiger partial charge in [0.05, 0.1) is 5.56 Å².